The molecule has 0 aliphatic carbocycles. The first-order chi connectivity index (χ1) is 9.98. The minimum atomic E-state index is -2.20. The van der Waals surface area contributed by atoms with Gasteiger partial charge in [-0.3, -0.25) is 4.79 Å². The minimum absolute atomic E-state index is 0.0730. The Labute approximate surface area is 130 Å². The molecule has 0 saturated carbocycles. The molecule has 1 aromatic rings. The molecular weight excluding hydrogens is 321 g/mol. The predicted octanol–water partition coefficient (Wildman–Crippen LogP) is 2.71. The summed E-state index contributed by atoms with van der Waals surface area (Å²) in [5, 5.41) is 3.10. The lowest BCUT2D eigenvalue weighted by atomic mass is 10.2. The molecule has 6 nitrogen and oxygen atoms in total. The van der Waals surface area contributed by atoms with Crippen molar-refractivity contribution in [2.45, 2.75) is 12.7 Å². The number of anilines is 1. The smallest absolute Gasteiger partial charge is 0.433 e. The maximum atomic E-state index is 12.3. The Hall–Kier alpha value is -1.92. The fourth-order valence-corrected chi connectivity index (χ4v) is 2.16. The van der Waals surface area contributed by atoms with E-state index in [-0.39, 0.29) is 6.61 Å². The van der Waals surface area contributed by atoms with Gasteiger partial charge in [-0.15, -0.1) is 0 Å². The normalized spacial score (nSPS) is 15.0. The monoisotopic (exact) mass is 331 g/mol. The SMILES string of the molecule is CCOC(=O)C1(C(=O)Nc2cc(Cl)cc(Cl)c2)OC=CO1. The van der Waals surface area contributed by atoms with Crippen molar-refractivity contribution in [3.63, 3.8) is 0 Å². The highest BCUT2D eigenvalue weighted by Gasteiger charge is 2.54. The summed E-state index contributed by atoms with van der Waals surface area (Å²) in [6.07, 6.45) is 2.17. The summed E-state index contributed by atoms with van der Waals surface area (Å²) in [5.41, 5.74) is 0.292. The summed E-state index contributed by atoms with van der Waals surface area (Å²) in [5.74, 6) is -4.02. The van der Waals surface area contributed by atoms with Gasteiger partial charge in [0, 0.05) is 15.7 Å². The van der Waals surface area contributed by atoms with Crippen LogP contribution in [0.15, 0.2) is 30.7 Å². The van der Waals surface area contributed by atoms with Gasteiger partial charge in [-0.1, -0.05) is 23.2 Å². The van der Waals surface area contributed by atoms with Crippen LogP contribution in [0.3, 0.4) is 0 Å². The number of carbonyl (C=O) groups excluding carboxylic acids is 2. The molecule has 0 aromatic heterocycles. The third-order valence-electron chi connectivity index (χ3n) is 2.49. The second kappa shape index (κ2) is 6.24. The number of rotatable bonds is 4. The van der Waals surface area contributed by atoms with E-state index in [0.717, 1.165) is 12.5 Å². The number of ether oxygens (including phenoxy) is 3. The van der Waals surface area contributed by atoms with E-state index in [1.807, 2.05) is 0 Å². The maximum absolute atomic E-state index is 12.3. The average molecular weight is 332 g/mol. The lowest BCUT2D eigenvalue weighted by Gasteiger charge is -2.23. The van der Waals surface area contributed by atoms with Gasteiger partial charge in [0.2, 0.25) is 0 Å². The minimum Gasteiger partial charge on any atom is -0.460 e. The van der Waals surface area contributed by atoms with E-state index in [9.17, 15) is 9.59 Å². The first-order valence-electron chi connectivity index (χ1n) is 5.93. The third-order valence-corrected chi connectivity index (χ3v) is 2.92. The van der Waals surface area contributed by atoms with Gasteiger partial charge in [-0.05, 0) is 25.1 Å². The van der Waals surface area contributed by atoms with Gasteiger partial charge in [0.25, 0.3) is 0 Å². The highest BCUT2D eigenvalue weighted by atomic mass is 35.5. The molecule has 1 amide bonds. The summed E-state index contributed by atoms with van der Waals surface area (Å²) in [7, 11) is 0. The van der Waals surface area contributed by atoms with Gasteiger partial charge in [0.15, 0.2) is 0 Å². The van der Waals surface area contributed by atoms with E-state index in [1.54, 1.807) is 6.92 Å². The molecule has 2 rings (SSSR count). The highest BCUT2D eigenvalue weighted by molar-refractivity contribution is 6.35. The van der Waals surface area contributed by atoms with Crippen LogP contribution < -0.4 is 5.32 Å². The van der Waals surface area contributed by atoms with Crippen LogP contribution in [0.25, 0.3) is 0 Å². The predicted molar refractivity (Wildman–Crippen MR) is 75.8 cm³/mol. The van der Waals surface area contributed by atoms with Gasteiger partial charge < -0.3 is 19.5 Å². The molecular formula is C13H11Cl2NO5. The molecule has 1 aliphatic rings. The first-order valence-corrected chi connectivity index (χ1v) is 6.69. The maximum Gasteiger partial charge on any atom is 0.433 e. The zero-order chi connectivity index (χ0) is 15.5. The molecule has 0 fully saturated rings. The van der Waals surface area contributed by atoms with Gasteiger partial charge in [0.1, 0.15) is 12.5 Å². The number of halogens is 2. The molecule has 0 atom stereocenters. The standard InChI is InChI=1S/C13H11Cl2NO5/c1-2-19-12(18)13(20-3-4-21-13)11(17)16-10-6-8(14)5-9(15)7-10/h3-7H,2H2,1H3,(H,16,17). The summed E-state index contributed by atoms with van der Waals surface area (Å²) in [4.78, 5) is 24.2. The largest absolute Gasteiger partial charge is 0.460 e. The number of nitrogens with one attached hydrogen (secondary N) is 1. The van der Waals surface area contributed by atoms with Crippen molar-refractivity contribution >= 4 is 40.8 Å². The van der Waals surface area contributed by atoms with Crippen LogP contribution in [-0.2, 0) is 23.8 Å². The third kappa shape index (κ3) is 3.22. The number of hydrogen-bond donors (Lipinski definition) is 1. The fraction of sp³-hybridized carbons (Fsp3) is 0.231. The molecule has 0 bridgehead atoms. The van der Waals surface area contributed by atoms with Crippen molar-refractivity contribution in [1.29, 1.82) is 0 Å². The van der Waals surface area contributed by atoms with Crippen molar-refractivity contribution in [3.05, 3.63) is 40.8 Å². The number of benzene rings is 1. The van der Waals surface area contributed by atoms with Crippen molar-refractivity contribution in [2.24, 2.45) is 0 Å². The van der Waals surface area contributed by atoms with Crippen LogP contribution in [0, 0.1) is 0 Å². The van der Waals surface area contributed by atoms with Crippen molar-refractivity contribution in [3.8, 4) is 0 Å². The van der Waals surface area contributed by atoms with E-state index in [2.05, 4.69) is 5.32 Å². The van der Waals surface area contributed by atoms with Gasteiger partial charge in [0.05, 0.1) is 6.61 Å². The van der Waals surface area contributed by atoms with Crippen LogP contribution in [0.5, 0.6) is 0 Å². The summed E-state index contributed by atoms with van der Waals surface area (Å²) in [6, 6.07) is 4.43. The Morgan fingerprint density at radius 3 is 2.29 bits per heavy atom. The fourth-order valence-electron chi connectivity index (χ4n) is 1.64. The van der Waals surface area contributed by atoms with Gasteiger partial charge in [-0.25, -0.2) is 4.79 Å². The molecule has 0 radical (unpaired) electrons. The Balaban J connectivity index is 2.21. The number of amides is 1. The zero-order valence-electron chi connectivity index (χ0n) is 10.9. The molecule has 1 N–H and O–H groups in total. The number of esters is 1. The highest BCUT2D eigenvalue weighted by Crippen LogP contribution is 2.27. The molecule has 1 heterocycles. The van der Waals surface area contributed by atoms with Crippen LogP contribution in [0.1, 0.15) is 6.92 Å². The van der Waals surface area contributed by atoms with Crippen molar-refractivity contribution in [2.75, 3.05) is 11.9 Å². The van der Waals surface area contributed by atoms with E-state index < -0.39 is 17.7 Å². The Kier molecular flexibility index (Phi) is 4.59. The van der Waals surface area contributed by atoms with E-state index >= 15 is 0 Å². The molecule has 112 valence electrons. The summed E-state index contributed by atoms with van der Waals surface area (Å²) >= 11 is 11.7. The van der Waals surface area contributed by atoms with Gasteiger partial charge in [-0.2, -0.15) is 0 Å². The van der Waals surface area contributed by atoms with Crippen molar-refractivity contribution < 1.29 is 23.8 Å². The average Bonchev–Trinajstić information content (AvgIpc) is 2.88. The molecule has 0 unspecified atom stereocenters. The molecule has 21 heavy (non-hydrogen) atoms. The second-order valence-electron chi connectivity index (χ2n) is 3.96. The van der Waals surface area contributed by atoms with Crippen molar-refractivity contribution in [1.82, 2.24) is 0 Å². The lowest BCUT2D eigenvalue weighted by molar-refractivity contribution is -0.200. The van der Waals surface area contributed by atoms with Crippen LogP contribution in [0.2, 0.25) is 10.0 Å². The van der Waals surface area contributed by atoms with E-state index in [4.69, 9.17) is 37.4 Å². The van der Waals surface area contributed by atoms with E-state index in [0.29, 0.717) is 15.7 Å². The summed E-state index contributed by atoms with van der Waals surface area (Å²) in [6.45, 7) is 1.67. The zero-order valence-corrected chi connectivity index (χ0v) is 12.4. The quantitative estimate of drug-likeness (QED) is 0.678. The lowest BCUT2D eigenvalue weighted by Crippen LogP contribution is -2.51. The van der Waals surface area contributed by atoms with Crippen LogP contribution >= 0.6 is 23.2 Å². The molecule has 0 saturated heterocycles. The summed E-state index contributed by atoms with van der Waals surface area (Å²) < 4.78 is 14.8. The Bertz CT molecular complexity index is 574. The number of carbonyl (C=O) groups is 2. The van der Waals surface area contributed by atoms with Crippen LogP contribution in [0.4, 0.5) is 5.69 Å². The topological polar surface area (TPSA) is 73.9 Å². The molecule has 1 aliphatic heterocycles. The first kappa shape index (κ1) is 15.5. The van der Waals surface area contributed by atoms with Crippen LogP contribution in [-0.4, -0.2) is 24.3 Å². The molecule has 0 spiro atoms. The molecule has 8 heteroatoms. The van der Waals surface area contributed by atoms with E-state index in [1.165, 1.54) is 18.2 Å². The molecule has 1 aromatic carbocycles. The number of hydrogen-bond acceptors (Lipinski definition) is 5. The van der Waals surface area contributed by atoms with Gasteiger partial charge >= 0.3 is 17.7 Å². The Morgan fingerprint density at radius 2 is 1.76 bits per heavy atom. The Morgan fingerprint density at radius 1 is 1.19 bits per heavy atom. The second-order valence-corrected chi connectivity index (χ2v) is 4.83.